The third kappa shape index (κ3) is 2.58. The summed E-state index contributed by atoms with van der Waals surface area (Å²) < 4.78 is 0. The van der Waals surface area contributed by atoms with Crippen LogP contribution in [-0.4, -0.2) is 0 Å². The summed E-state index contributed by atoms with van der Waals surface area (Å²) in [6.07, 6.45) is 6.58. The number of aryl methyl sites for hydroxylation is 1. The lowest BCUT2D eigenvalue weighted by Gasteiger charge is -2.28. The first-order chi connectivity index (χ1) is 7.68. The highest BCUT2D eigenvalue weighted by Crippen LogP contribution is 2.33. The molecule has 1 aliphatic rings. The summed E-state index contributed by atoms with van der Waals surface area (Å²) in [5.74, 6) is 0.646. The van der Waals surface area contributed by atoms with Crippen molar-refractivity contribution < 1.29 is 0 Å². The monoisotopic (exact) mass is 237 g/mol. The molecule has 1 atom stereocenters. The second kappa shape index (κ2) is 5.20. The van der Waals surface area contributed by atoms with E-state index in [1.807, 2.05) is 13.0 Å². The molecular formula is C14H20ClN. The van der Waals surface area contributed by atoms with Gasteiger partial charge in [-0.3, -0.25) is 0 Å². The molecular weight excluding hydrogens is 218 g/mol. The first-order valence-corrected chi connectivity index (χ1v) is 6.58. The number of halogens is 1. The molecule has 0 unspecified atom stereocenters. The predicted octanol–water partition coefficient (Wildman–Crippen LogP) is 4.23. The van der Waals surface area contributed by atoms with Gasteiger partial charge in [0.2, 0.25) is 0 Å². The lowest BCUT2D eigenvalue weighted by Crippen LogP contribution is -2.23. The predicted molar refractivity (Wildman–Crippen MR) is 69.7 cm³/mol. The van der Waals surface area contributed by atoms with Crippen LogP contribution in [0.5, 0.6) is 0 Å². The lowest BCUT2D eigenvalue weighted by molar-refractivity contribution is 0.308. The van der Waals surface area contributed by atoms with Crippen LogP contribution in [0, 0.1) is 12.8 Å². The third-order valence-electron chi connectivity index (χ3n) is 3.74. The van der Waals surface area contributed by atoms with Gasteiger partial charge in [0.1, 0.15) is 0 Å². The highest BCUT2D eigenvalue weighted by molar-refractivity contribution is 6.31. The summed E-state index contributed by atoms with van der Waals surface area (Å²) in [7, 11) is 0. The van der Waals surface area contributed by atoms with Gasteiger partial charge >= 0.3 is 0 Å². The zero-order chi connectivity index (χ0) is 11.5. The Morgan fingerprint density at radius 1 is 1.25 bits per heavy atom. The molecule has 1 saturated carbocycles. The topological polar surface area (TPSA) is 26.0 Å². The van der Waals surface area contributed by atoms with Crippen LogP contribution < -0.4 is 5.73 Å². The number of hydrogen-bond donors (Lipinski definition) is 1. The van der Waals surface area contributed by atoms with Crippen molar-refractivity contribution in [2.45, 2.75) is 45.1 Å². The summed E-state index contributed by atoms with van der Waals surface area (Å²) in [6.45, 7) is 2.03. The van der Waals surface area contributed by atoms with Crippen molar-refractivity contribution in [3.63, 3.8) is 0 Å². The normalized spacial score (nSPS) is 19.7. The number of benzene rings is 1. The average Bonchev–Trinajstić information content (AvgIpc) is 2.33. The Morgan fingerprint density at radius 3 is 2.56 bits per heavy atom. The molecule has 1 fully saturated rings. The Morgan fingerprint density at radius 2 is 1.94 bits per heavy atom. The van der Waals surface area contributed by atoms with Gasteiger partial charge in [-0.25, -0.2) is 0 Å². The summed E-state index contributed by atoms with van der Waals surface area (Å²) in [5, 5.41) is 0.837. The van der Waals surface area contributed by atoms with Gasteiger partial charge in [0.05, 0.1) is 0 Å². The van der Waals surface area contributed by atoms with E-state index in [0.29, 0.717) is 5.92 Å². The van der Waals surface area contributed by atoms with Gasteiger partial charge in [-0.2, -0.15) is 0 Å². The van der Waals surface area contributed by atoms with Crippen molar-refractivity contribution in [3.05, 3.63) is 34.3 Å². The van der Waals surface area contributed by atoms with Crippen LogP contribution in [0.4, 0.5) is 0 Å². The standard InChI is InChI=1S/C14H20ClN/c1-10-7-8-12(9-13(10)15)14(16)11-5-3-2-4-6-11/h7-9,11,14H,2-6,16H2,1H3/t14-/m0/s1. The summed E-state index contributed by atoms with van der Waals surface area (Å²) in [6, 6.07) is 6.40. The van der Waals surface area contributed by atoms with Crippen LogP contribution in [0.25, 0.3) is 0 Å². The van der Waals surface area contributed by atoms with Crippen molar-refractivity contribution in [2.75, 3.05) is 0 Å². The Bertz CT molecular complexity index is 356. The zero-order valence-electron chi connectivity index (χ0n) is 9.88. The fraction of sp³-hybridized carbons (Fsp3) is 0.571. The number of nitrogens with two attached hydrogens (primary N) is 1. The number of rotatable bonds is 2. The molecule has 1 aromatic rings. The Balaban J connectivity index is 2.12. The molecule has 1 aliphatic carbocycles. The van der Waals surface area contributed by atoms with E-state index >= 15 is 0 Å². The molecule has 0 radical (unpaired) electrons. The largest absolute Gasteiger partial charge is 0.324 e. The minimum atomic E-state index is 0.165. The molecule has 2 N–H and O–H groups in total. The lowest BCUT2D eigenvalue weighted by atomic mass is 9.81. The molecule has 0 bridgehead atoms. The van der Waals surface area contributed by atoms with E-state index in [1.165, 1.54) is 37.7 Å². The van der Waals surface area contributed by atoms with Crippen molar-refractivity contribution in [2.24, 2.45) is 11.7 Å². The van der Waals surface area contributed by atoms with Crippen LogP contribution in [0.1, 0.15) is 49.3 Å². The zero-order valence-corrected chi connectivity index (χ0v) is 10.6. The maximum atomic E-state index is 6.33. The summed E-state index contributed by atoms with van der Waals surface area (Å²) in [5.41, 5.74) is 8.65. The Labute approximate surface area is 103 Å². The molecule has 88 valence electrons. The maximum Gasteiger partial charge on any atom is 0.0438 e. The molecule has 2 heteroatoms. The molecule has 0 aliphatic heterocycles. The van der Waals surface area contributed by atoms with Gasteiger partial charge in [0.25, 0.3) is 0 Å². The van der Waals surface area contributed by atoms with E-state index in [1.54, 1.807) is 0 Å². The van der Waals surface area contributed by atoms with Gasteiger partial charge < -0.3 is 5.73 Å². The quantitative estimate of drug-likeness (QED) is 0.819. The first kappa shape index (κ1) is 11.9. The van der Waals surface area contributed by atoms with Gasteiger partial charge in [-0.1, -0.05) is 43.0 Å². The van der Waals surface area contributed by atoms with E-state index in [9.17, 15) is 0 Å². The smallest absolute Gasteiger partial charge is 0.0438 e. The van der Waals surface area contributed by atoms with Crippen molar-refractivity contribution in [1.82, 2.24) is 0 Å². The van der Waals surface area contributed by atoms with E-state index in [-0.39, 0.29) is 6.04 Å². The fourth-order valence-corrected chi connectivity index (χ4v) is 2.77. The van der Waals surface area contributed by atoms with Crippen LogP contribution in [0.15, 0.2) is 18.2 Å². The molecule has 0 saturated heterocycles. The summed E-state index contributed by atoms with van der Waals surface area (Å²) >= 11 is 6.14. The fourth-order valence-electron chi connectivity index (χ4n) is 2.58. The first-order valence-electron chi connectivity index (χ1n) is 6.20. The second-order valence-corrected chi connectivity index (χ2v) is 5.34. The van der Waals surface area contributed by atoms with E-state index in [0.717, 1.165) is 10.6 Å². The van der Waals surface area contributed by atoms with E-state index < -0.39 is 0 Å². The average molecular weight is 238 g/mol. The molecule has 0 heterocycles. The molecule has 16 heavy (non-hydrogen) atoms. The molecule has 2 rings (SSSR count). The second-order valence-electron chi connectivity index (χ2n) is 4.93. The molecule has 1 nitrogen and oxygen atoms in total. The Kier molecular flexibility index (Phi) is 3.88. The van der Waals surface area contributed by atoms with Crippen LogP contribution in [0.2, 0.25) is 5.02 Å². The minimum absolute atomic E-state index is 0.165. The minimum Gasteiger partial charge on any atom is -0.324 e. The Hall–Kier alpha value is -0.530. The maximum absolute atomic E-state index is 6.33. The van der Waals surface area contributed by atoms with Crippen molar-refractivity contribution in [1.29, 1.82) is 0 Å². The molecule has 1 aromatic carbocycles. The van der Waals surface area contributed by atoms with Gasteiger partial charge in [0.15, 0.2) is 0 Å². The molecule has 0 amide bonds. The summed E-state index contributed by atoms with van der Waals surface area (Å²) in [4.78, 5) is 0. The van der Waals surface area contributed by atoms with Gasteiger partial charge in [-0.05, 0) is 42.9 Å². The highest BCUT2D eigenvalue weighted by Gasteiger charge is 2.21. The SMILES string of the molecule is Cc1ccc([C@@H](N)C2CCCCC2)cc1Cl. The van der Waals surface area contributed by atoms with Crippen molar-refractivity contribution in [3.8, 4) is 0 Å². The number of hydrogen-bond acceptors (Lipinski definition) is 1. The van der Waals surface area contributed by atoms with Crippen LogP contribution in [-0.2, 0) is 0 Å². The van der Waals surface area contributed by atoms with E-state index in [2.05, 4.69) is 12.1 Å². The van der Waals surface area contributed by atoms with Crippen molar-refractivity contribution >= 4 is 11.6 Å². The van der Waals surface area contributed by atoms with Gasteiger partial charge in [-0.15, -0.1) is 0 Å². The van der Waals surface area contributed by atoms with Crippen LogP contribution >= 0.6 is 11.6 Å². The molecule has 0 spiro atoms. The molecule has 0 aromatic heterocycles. The van der Waals surface area contributed by atoms with Crippen LogP contribution in [0.3, 0.4) is 0 Å². The van der Waals surface area contributed by atoms with Gasteiger partial charge in [0, 0.05) is 11.1 Å². The highest BCUT2D eigenvalue weighted by atomic mass is 35.5. The third-order valence-corrected chi connectivity index (χ3v) is 4.15. The van der Waals surface area contributed by atoms with E-state index in [4.69, 9.17) is 17.3 Å².